The van der Waals surface area contributed by atoms with E-state index >= 15 is 0 Å². The molecule has 0 spiro atoms. The molecule has 1 amide bonds. The van der Waals surface area contributed by atoms with Gasteiger partial charge >= 0.3 is 0 Å². The van der Waals surface area contributed by atoms with Crippen LogP contribution in [0.15, 0.2) is 40.9 Å². The average Bonchev–Trinajstić information content (AvgIpc) is 2.42. The summed E-state index contributed by atoms with van der Waals surface area (Å²) in [5.41, 5.74) is 2.05. The third kappa shape index (κ3) is 3.11. The number of anilines is 1. The van der Waals surface area contributed by atoms with Crippen LogP contribution in [0.3, 0.4) is 0 Å². The molecular weight excluding hydrogens is 322 g/mol. The summed E-state index contributed by atoms with van der Waals surface area (Å²) in [6.45, 7) is 1.92. The molecule has 0 atom stereocenters. The quantitative estimate of drug-likeness (QED) is 0.898. The maximum Gasteiger partial charge on any atom is 0.255 e. The van der Waals surface area contributed by atoms with Crippen LogP contribution in [0.1, 0.15) is 15.9 Å². The summed E-state index contributed by atoms with van der Waals surface area (Å²) in [4.78, 5) is 12.1. The Hall–Kier alpha value is -2.01. The summed E-state index contributed by atoms with van der Waals surface area (Å²) in [7, 11) is 1.47. The molecule has 2 aromatic carbocycles. The van der Waals surface area contributed by atoms with Gasteiger partial charge in [0.25, 0.3) is 5.91 Å². The number of aromatic hydroxyl groups is 1. The highest BCUT2D eigenvalue weighted by atomic mass is 79.9. The Balaban J connectivity index is 2.19. The second-order valence-corrected chi connectivity index (χ2v) is 5.16. The van der Waals surface area contributed by atoms with Crippen LogP contribution in [0, 0.1) is 6.92 Å². The van der Waals surface area contributed by atoms with Gasteiger partial charge in [-0.15, -0.1) is 0 Å². The number of rotatable bonds is 3. The van der Waals surface area contributed by atoms with Crippen molar-refractivity contribution >= 4 is 27.5 Å². The van der Waals surface area contributed by atoms with Gasteiger partial charge in [0.1, 0.15) is 0 Å². The molecule has 0 aliphatic carbocycles. The molecule has 0 aromatic heterocycles. The third-order valence-electron chi connectivity index (χ3n) is 2.86. The lowest BCUT2D eigenvalue weighted by Crippen LogP contribution is -2.12. The van der Waals surface area contributed by atoms with Crippen LogP contribution in [-0.2, 0) is 0 Å². The topological polar surface area (TPSA) is 58.6 Å². The van der Waals surface area contributed by atoms with Gasteiger partial charge in [0.2, 0.25) is 0 Å². The molecule has 2 N–H and O–H groups in total. The number of phenols is 1. The number of ether oxygens (including phenoxy) is 1. The second kappa shape index (κ2) is 5.96. The van der Waals surface area contributed by atoms with Gasteiger partial charge in [-0.3, -0.25) is 4.79 Å². The molecule has 0 bridgehead atoms. The molecule has 0 saturated carbocycles. The summed E-state index contributed by atoms with van der Waals surface area (Å²) in [6.07, 6.45) is 0. The van der Waals surface area contributed by atoms with Crippen LogP contribution in [0.25, 0.3) is 0 Å². The Labute approximate surface area is 125 Å². The highest BCUT2D eigenvalue weighted by molar-refractivity contribution is 9.10. The van der Waals surface area contributed by atoms with Gasteiger partial charge in [-0.1, -0.05) is 15.9 Å². The van der Waals surface area contributed by atoms with Crippen molar-refractivity contribution in [2.75, 3.05) is 12.4 Å². The van der Waals surface area contributed by atoms with E-state index < -0.39 is 0 Å². The van der Waals surface area contributed by atoms with Gasteiger partial charge < -0.3 is 15.2 Å². The Morgan fingerprint density at radius 3 is 2.60 bits per heavy atom. The number of hydrogen-bond acceptors (Lipinski definition) is 3. The number of aryl methyl sites for hydroxylation is 1. The molecule has 0 radical (unpaired) electrons. The molecule has 5 heteroatoms. The van der Waals surface area contributed by atoms with E-state index in [9.17, 15) is 9.90 Å². The number of hydrogen-bond donors (Lipinski definition) is 2. The van der Waals surface area contributed by atoms with Gasteiger partial charge in [-0.2, -0.15) is 0 Å². The number of carbonyl (C=O) groups excluding carboxylic acids is 1. The predicted octanol–water partition coefficient (Wildman–Crippen LogP) is 3.72. The van der Waals surface area contributed by atoms with Crippen LogP contribution in [-0.4, -0.2) is 18.1 Å². The fourth-order valence-electron chi connectivity index (χ4n) is 1.76. The molecule has 20 heavy (non-hydrogen) atoms. The molecule has 0 unspecified atom stereocenters. The monoisotopic (exact) mass is 335 g/mol. The molecule has 0 saturated heterocycles. The summed E-state index contributed by atoms with van der Waals surface area (Å²) in [6, 6.07) is 10.1. The van der Waals surface area contributed by atoms with Crippen molar-refractivity contribution in [2.24, 2.45) is 0 Å². The van der Waals surface area contributed by atoms with Crippen molar-refractivity contribution in [1.29, 1.82) is 0 Å². The minimum atomic E-state index is -0.231. The van der Waals surface area contributed by atoms with Crippen LogP contribution >= 0.6 is 15.9 Å². The maximum atomic E-state index is 12.1. The van der Waals surface area contributed by atoms with Crippen molar-refractivity contribution < 1.29 is 14.6 Å². The number of nitrogens with one attached hydrogen (secondary N) is 1. The van der Waals surface area contributed by atoms with Gasteiger partial charge in [0.15, 0.2) is 11.5 Å². The maximum absolute atomic E-state index is 12.1. The standard InChI is InChI=1S/C15H14BrNO3/c1-9-7-10(3-5-12(9)16)15(19)17-11-4-6-14(20-2)13(18)8-11/h3-8,18H,1-2H3,(H,17,19). The van der Waals surface area contributed by atoms with E-state index in [0.717, 1.165) is 10.0 Å². The zero-order chi connectivity index (χ0) is 14.7. The van der Waals surface area contributed by atoms with Gasteiger partial charge in [0, 0.05) is 21.8 Å². The minimum Gasteiger partial charge on any atom is -0.504 e. The van der Waals surface area contributed by atoms with Crippen molar-refractivity contribution in [3.05, 3.63) is 52.0 Å². The molecule has 2 aromatic rings. The fraction of sp³-hybridized carbons (Fsp3) is 0.133. The molecule has 0 aliphatic heterocycles. The number of phenolic OH excluding ortho intramolecular Hbond substituents is 1. The molecule has 4 nitrogen and oxygen atoms in total. The molecule has 0 heterocycles. The first-order valence-corrected chi connectivity index (χ1v) is 6.75. The zero-order valence-electron chi connectivity index (χ0n) is 11.1. The lowest BCUT2D eigenvalue weighted by atomic mass is 10.1. The van der Waals surface area contributed by atoms with E-state index in [1.807, 2.05) is 13.0 Å². The van der Waals surface area contributed by atoms with Crippen molar-refractivity contribution in [1.82, 2.24) is 0 Å². The first kappa shape index (κ1) is 14.4. The zero-order valence-corrected chi connectivity index (χ0v) is 12.7. The van der Waals surface area contributed by atoms with Gasteiger partial charge in [-0.25, -0.2) is 0 Å². The van der Waals surface area contributed by atoms with Crippen molar-refractivity contribution in [3.63, 3.8) is 0 Å². The van der Waals surface area contributed by atoms with Crippen LogP contribution in [0.2, 0.25) is 0 Å². The average molecular weight is 336 g/mol. The van der Waals surface area contributed by atoms with E-state index in [4.69, 9.17) is 4.74 Å². The van der Waals surface area contributed by atoms with E-state index in [2.05, 4.69) is 21.2 Å². The highest BCUT2D eigenvalue weighted by Crippen LogP contribution is 2.28. The SMILES string of the molecule is COc1ccc(NC(=O)c2ccc(Br)c(C)c2)cc1O. The van der Waals surface area contributed by atoms with E-state index in [1.54, 1.807) is 24.3 Å². The summed E-state index contributed by atoms with van der Waals surface area (Å²) >= 11 is 3.39. The van der Waals surface area contributed by atoms with Crippen LogP contribution in [0.5, 0.6) is 11.5 Å². The van der Waals surface area contributed by atoms with Crippen LogP contribution in [0.4, 0.5) is 5.69 Å². The van der Waals surface area contributed by atoms with Crippen molar-refractivity contribution in [2.45, 2.75) is 6.92 Å². The van der Waals surface area contributed by atoms with Gasteiger partial charge in [-0.05, 0) is 42.8 Å². The smallest absolute Gasteiger partial charge is 0.255 e. The summed E-state index contributed by atoms with van der Waals surface area (Å²) < 4.78 is 5.91. The van der Waals surface area contributed by atoms with E-state index in [1.165, 1.54) is 13.2 Å². The predicted molar refractivity (Wildman–Crippen MR) is 81.5 cm³/mol. The molecule has 2 rings (SSSR count). The Morgan fingerprint density at radius 2 is 2.00 bits per heavy atom. The molecular formula is C15H14BrNO3. The number of carbonyl (C=O) groups is 1. The number of benzene rings is 2. The van der Waals surface area contributed by atoms with E-state index in [0.29, 0.717) is 17.0 Å². The molecule has 104 valence electrons. The first-order chi connectivity index (χ1) is 9.51. The number of halogens is 1. The number of methoxy groups -OCH3 is 1. The second-order valence-electron chi connectivity index (χ2n) is 4.30. The first-order valence-electron chi connectivity index (χ1n) is 5.96. The van der Waals surface area contributed by atoms with E-state index in [-0.39, 0.29) is 11.7 Å². The Kier molecular flexibility index (Phi) is 4.29. The number of amides is 1. The Morgan fingerprint density at radius 1 is 1.25 bits per heavy atom. The molecule has 0 fully saturated rings. The summed E-state index contributed by atoms with van der Waals surface area (Å²) in [5.74, 6) is 0.116. The normalized spacial score (nSPS) is 10.2. The Bertz CT molecular complexity index is 656. The summed E-state index contributed by atoms with van der Waals surface area (Å²) in [5, 5.41) is 12.4. The van der Waals surface area contributed by atoms with Crippen LogP contribution < -0.4 is 10.1 Å². The fourth-order valence-corrected chi connectivity index (χ4v) is 2.00. The highest BCUT2D eigenvalue weighted by Gasteiger charge is 2.09. The lowest BCUT2D eigenvalue weighted by molar-refractivity contribution is 0.102. The largest absolute Gasteiger partial charge is 0.504 e. The van der Waals surface area contributed by atoms with Crippen molar-refractivity contribution in [3.8, 4) is 11.5 Å². The lowest BCUT2D eigenvalue weighted by Gasteiger charge is -2.09. The molecule has 0 aliphatic rings. The third-order valence-corrected chi connectivity index (χ3v) is 3.75. The van der Waals surface area contributed by atoms with Gasteiger partial charge in [0.05, 0.1) is 7.11 Å². The minimum absolute atomic E-state index is 0.0164.